The van der Waals surface area contributed by atoms with Gasteiger partial charge in [0.05, 0.1) is 13.2 Å². The van der Waals surface area contributed by atoms with Crippen molar-refractivity contribution in [3.8, 4) is 0 Å². The van der Waals surface area contributed by atoms with E-state index in [-0.39, 0.29) is 6.61 Å². The van der Waals surface area contributed by atoms with Gasteiger partial charge in [0.2, 0.25) is 0 Å². The van der Waals surface area contributed by atoms with Crippen molar-refractivity contribution in [1.29, 1.82) is 0 Å². The summed E-state index contributed by atoms with van der Waals surface area (Å²) in [7, 11) is 0. The van der Waals surface area contributed by atoms with Gasteiger partial charge in [-0.2, -0.15) is 0 Å². The molecular formula is C10H23NO2. The van der Waals surface area contributed by atoms with Crippen LogP contribution in [0, 0.1) is 5.92 Å². The fourth-order valence-corrected chi connectivity index (χ4v) is 1.72. The number of rotatable bonds is 7. The molecule has 0 amide bonds. The maximum atomic E-state index is 8.67. The van der Waals surface area contributed by atoms with E-state index in [1.165, 1.54) is 0 Å². The Bertz CT molecular complexity index is 126. The number of aliphatic hydroxyl groups is 1. The molecule has 3 heteroatoms. The van der Waals surface area contributed by atoms with E-state index in [1.54, 1.807) is 0 Å². The second kappa shape index (κ2) is 6.35. The second-order valence-electron chi connectivity index (χ2n) is 3.39. The molecule has 0 bridgehead atoms. The lowest BCUT2D eigenvalue weighted by atomic mass is 9.89. The molecule has 0 heterocycles. The average Bonchev–Trinajstić information content (AvgIpc) is 2.16. The maximum absolute atomic E-state index is 8.67. The molecule has 0 aromatic heterocycles. The molecule has 3 nitrogen and oxygen atoms in total. The summed E-state index contributed by atoms with van der Waals surface area (Å²) in [5, 5.41) is 8.67. The Morgan fingerprint density at radius 2 is 1.85 bits per heavy atom. The molecule has 0 aliphatic carbocycles. The zero-order valence-corrected chi connectivity index (χ0v) is 9.05. The molecule has 0 fully saturated rings. The summed E-state index contributed by atoms with van der Waals surface area (Å²) in [5.74, 6) is 0.379. The summed E-state index contributed by atoms with van der Waals surface area (Å²) in [6, 6.07) is 0. The Labute approximate surface area is 81.3 Å². The van der Waals surface area contributed by atoms with E-state index in [1.807, 2.05) is 6.92 Å². The number of nitrogens with two attached hydrogens (primary N) is 1. The van der Waals surface area contributed by atoms with Crippen LogP contribution < -0.4 is 5.73 Å². The summed E-state index contributed by atoms with van der Waals surface area (Å²) < 4.78 is 5.50. The first-order chi connectivity index (χ1) is 6.14. The molecule has 1 unspecified atom stereocenters. The Kier molecular flexibility index (Phi) is 6.29. The zero-order chi connectivity index (χ0) is 10.3. The predicted molar refractivity (Wildman–Crippen MR) is 54.3 cm³/mol. The van der Waals surface area contributed by atoms with E-state index in [4.69, 9.17) is 15.6 Å². The summed E-state index contributed by atoms with van der Waals surface area (Å²) in [6.07, 6.45) is 2.83. The van der Waals surface area contributed by atoms with Gasteiger partial charge in [-0.15, -0.1) is 0 Å². The summed E-state index contributed by atoms with van der Waals surface area (Å²) >= 11 is 0. The number of aliphatic hydroxyl groups excluding tert-OH is 1. The van der Waals surface area contributed by atoms with E-state index >= 15 is 0 Å². The molecule has 0 aliphatic rings. The molecule has 0 rings (SSSR count). The number of hydrogen-bond donors (Lipinski definition) is 2. The van der Waals surface area contributed by atoms with Crippen molar-refractivity contribution in [2.45, 2.75) is 45.8 Å². The molecule has 3 N–H and O–H groups in total. The lowest BCUT2D eigenvalue weighted by Crippen LogP contribution is -2.49. The Balaban J connectivity index is 4.21. The minimum absolute atomic E-state index is 0.0408. The summed E-state index contributed by atoms with van der Waals surface area (Å²) in [5.41, 5.74) is 5.57. The fourth-order valence-electron chi connectivity index (χ4n) is 1.72. The highest BCUT2D eigenvalue weighted by molar-refractivity contribution is 4.79. The molecule has 0 radical (unpaired) electrons. The lowest BCUT2D eigenvalue weighted by molar-refractivity contribution is -0.0972. The molecule has 0 saturated heterocycles. The fraction of sp³-hybridized carbons (Fsp3) is 1.00. The first-order valence-corrected chi connectivity index (χ1v) is 5.18. The van der Waals surface area contributed by atoms with Crippen molar-refractivity contribution < 1.29 is 9.84 Å². The van der Waals surface area contributed by atoms with Gasteiger partial charge >= 0.3 is 0 Å². The standard InChI is InChI=1S/C10H23NO2/c1-4-9(5-2)10(11,6-3)13-8-7-12/h9,12H,4-8,11H2,1-3H3. The molecule has 0 aliphatic heterocycles. The van der Waals surface area contributed by atoms with E-state index in [0.29, 0.717) is 12.5 Å². The van der Waals surface area contributed by atoms with Gasteiger partial charge in [0.15, 0.2) is 0 Å². The molecule has 13 heavy (non-hydrogen) atoms. The smallest absolute Gasteiger partial charge is 0.119 e. The van der Waals surface area contributed by atoms with Crippen LogP contribution in [0.3, 0.4) is 0 Å². The molecular weight excluding hydrogens is 166 g/mol. The highest BCUT2D eigenvalue weighted by atomic mass is 16.5. The highest BCUT2D eigenvalue weighted by Crippen LogP contribution is 2.25. The van der Waals surface area contributed by atoms with Crippen LogP contribution in [0.1, 0.15) is 40.0 Å². The third-order valence-electron chi connectivity index (χ3n) is 2.69. The molecule has 0 spiro atoms. The van der Waals surface area contributed by atoms with Gasteiger partial charge in [-0.25, -0.2) is 0 Å². The molecule has 0 saturated carbocycles. The highest BCUT2D eigenvalue weighted by Gasteiger charge is 2.31. The van der Waals surface area contributed by atoms with Gasteiger partial charge in [0.1, 0.15) is 5.72 Å². The van der Waals surface area contributed by atoms with E-state index in [9.17, 15) is 0 Å². The van der Waals surface area contributed by atoms with Crippen molar-refractivity contribution in [2.75, 3.05) is 13.2 Å². The van der Waals surface area contributed by atoms with Crippen LogP contribution in [0.4, 0.5) is 0 Å². The van der Waals surface area contributed by atoms with Gasteiger partial charge < -0.3 is 15.6 Å². The minimum Gasteiger partial charge on any atom is -0.394 e. The minimum atomic E-state index is -0.549. The number of ether oxygens (including phenoxy) is 1. The first kappa shape index (κ1) is 12.9. The Morgan fingerprint density at radius 3 is 2.15 bits per heavy atom. The quantitative estimate of drug-likeness (QED) is 0.597. The van der Waals surface area contributed by atoms with Gasteiger partial charge in [-0.3, -0.25) is 0 Å². The van der Waals surface area contributed by atoms with Crippen LogP contribution in [-0.4, -0.2) is 24.0 Å². The lowest BCUT2D eigenvalue weighted by Gasteiger charge is -2.35. The van der Waals surface area contributed by atoms with Gasteiger partial charge in [-0.1, -0.05) is 20.8 Å². The molecule has 1 atom stereocenters. The van der Waals surface area contributed by atoms with Gasteiger partial charge in [-0.05, 0) is 19.3 Å². The summed E-state index contributed by atoms with van der Waals surface area (Å²) in [6.45, 7) is 6.64. The van der Waals surface area contributed by atoms with Crippen LogP contribution in [-0.2, 0) is 4.74 Å². The third-order valence-corrected chi connectivity index (χ3v) is 2.69. The monoisotopic (exact) mass is 189 g/mol. The Hall–Kier alpha value is -0.120. The van der Waals surface area contributed by atoms with Gasteiger partial charge in [0, 0.05) is 5.92 Å². The Morgan fingerprint density at radius 1 is 1.31 bits per heavy atom. The van der Waals surface area contributed by atoms with Crippen molar-refractivity contribution >= 4 is 0 Å². The van der Waals surface area contributed by atoms with Crippen molar-refractivity contribution in [3.63, 3.8) is 0 Å². The van der Waals surface area contributed by atoms with Crippen LogP contribution in [0.25, 0.3) is 0 Å². The van der Waals surface area contributed by atoms with Crippen LogP contribution >= 0.6 is 0 Å². The van der Waals surface area contributed by atoms with E-state index in [0.717, 1.165) is 19.3 Å². The second-order valence-corrected chi connectivity index (χ2v) is 3.39. The largest absolute Gasteiger partial charge is 0.394 e. The van der Waals surface area contributed by atoms with E-state index in [2.05, 4.69) is 13.8 Å². The van der Waals surface area contributed by atoms with Crippen molar-refractivity contribution in [1.82, 2.24) is 0 Å². The van der Waals surface area contributed by atoms with Crippen LogP contribution in [0.15, 0.2) is 0 Å². The third kappa shape index (κ3) is 3.63. The van der Waals surface area contributed by atoms with Crippen molar-refractivity contribution in [2.24, 2.45) is 11.7 Å². The molecule has 0 aromatic carbocycles. The molecule has 80 valence electrons. The van der Waals surface area contributed by atoms with Crippen LogP contribution in [0.2, 0.25) is 0 Å². The maximum Gasteiger partial charge on any atom is 0.119 e. The topological polar surface area (TPSA) is 55.5 Å². The average molecular weight is 189 g/mol. The summed E-state index contributed by atoms with van der Waals surface area (Å²) in [4.78, 5) is 0. The normalized spacial score (nSPS) is 16.2. The molecule has 0 aromatic rings. The first-order valence-electron chi connectivity index (χ1n) is 5.18. The zero-order valence-electron chi connectivity index (χ0n) is 9.05. The van der Waals surface area contributed by atoms with Gasteiger partial charge in [0.25, 0.3) is 0 Å². The van der Waals surface area contributed by atoms with E-state index < -0.39 is 5.72 Å². The van der Waals surface area contributed by atoms with Crippen molar-refractivity contribution in [3.05, 3.63) is 0 Å². The number of hydrogen-bond acceptors (Lipinski definition) is 3. The van der Waals surface area contributed by atoms with Crippen LogP contribution in [0.5, 0.6) is 0 Å². The predicted octanol–water partition coefficient (Wildman–Crippen LogP) is 1.50. The SMILES string of the molecule is CCC(CC)C(N)(CC)OCCO.